The average Bonchev–Trinajstić information content (AvgIpc) is 2.48. The van der Waals surface area contributed by atoms with Crippen LogP contribution in [0.5, 0.6) is 0 Å². The topological polar surface area (TPSA) is 84.2 Å². The summed E-state index contributed by atoms with van der Waals surface area (Å²) in [6.07, 6.45) is 0. The van der Waals surface area contributed by atoms with Crippen molar-refractivity contribution < 1.29 is 19.1 Å². The molecule has 1 unspecified atom stereocenters. The molecule has 1 aromatic rings. The second-order valence-corrected chi connectivity index (χ2v) is 4.33. The molecule has 5 heteroatoms. The molecule has 1 aromatic carbocycles. The summed E-state index contributed by atoms with van der Waals surface area (Å²) < 4.78 is 4.52. The molecule has 0 saturated heterocycles. The Bertz CT molecular complexity index is 694. The fourth-order valence-corrected chi connectivity index (χ4v) is 2.22. The normalized spacial score (nSPS) is 15.4. The van der Waals surface area contributed by atoms with Crippen LogP contribution in [0.3, 0.4) is 0 Å². The largest absolute Gasteiger partial charge is 0.468 e. The fourth-order valence-electron chi connectivity index (χ4n) is 2.22. The van der Waals surface area contributed by atoms with Gasteiger partial charge in [-0.15, -0.1) is 0 Å². The fraction of sp³-hybridized carbons (Fsp3) is 0.200. The zero-order valence-corrected chi connectivity index (χ0v) is 11.0. The van der Waals surface area contributed by atoms with Crippen LogP contribution in [-0.2, 0) is 9.53 Å². The molecule has 0 heterocycles. The highest BCUT2D eigenvalue weighted by Crippen LogP contribution is 2.30. The molecular weight excluding hydrogens is 258 g/mol. The maximum absolute atomic E-state index is 12.4. The van der Waals surface area contributed by atoms with Crippen molar-refractivity contribution in [1.29, 1.82) is 5.26 Å². The Balaban J connectivity index is 2.63. The van der Waals surface area contributed by atoms with Gasteiger partial charge in [0.25, 0.3) is 0 Å². The maximum atomic E-state index is 12.4. The van der Waals surface area contributed by atoms with Gasteiger partial charge < -0.3 is 4.74 Å². The number of allylic oxidation sites excluding steroid dienone is 1. The monoisotopic (exact) mass is 269 g/mol. The standard InChI is InChI=1S/C15H11NO4/c1-8-12(11(7-16)15(19)20-2)14(18)10-6-4-3-5-9(10)13(8)17/h3-6,11H,1-2H3. The highest BCUT2D eigenvalue weighted by Gasteiger charge is 2.37. The Morgan fingerprint density at radius 2 is 1.75 bits per heavy atom. The van der Waals surface area contributed by atoms with Gasteiger partial charge >= 0.3 is 5.97 Å². The van der Waals surface area contributed by atoms with Crippen molar-refractivity contribution in [3.63, 3.8) is 0 Å². The number of ketones is 2. The number of carbonyl (C=O) groups is 3. The van der Waals surface area contributed by atoms with Gasteiger partial charge in [0.15, 0.2) is 17.5 Å². The Morgan fingerprint density at radius 3 is 2.25 bits per heavy atom. The summed E-state index contributed by atoms with van der Waals surface area (Å²) in [7, 11) is 1.13. The van der Waals surface area contributed by atoms with Gasteiger partial charge in [-0.05, 0) is 6.92 Å². The average molecular weight is 269 g/mol. The van der Waals surface area contributed by atoms with Crippen LogP contribution in [0.4, 0.5) is 0 Å². The number of Topliss-reactive ketones (excluding diaryl/α,β-unsaturated/α-hetero) is 2. The summed E-state index contributed by atoms with van der Waals surface area (Å²) >= 11 is 0. The van der Waals surface area contributed by atoms with Crippen molar-refractivity contribution in [1.82, 2.24) is 0 Å². The molecule has 0 amide bonds. The summed E-state index contributed by atoms with van der Waals surface area (Å²) in [5.41, 5.74) is 0.524. The van der Waals surface area contributed by atoms with Crippen molar-refractivity contribution in [3.8, 4) is 6.07 Å². The van der Waals surface area contributed by atoms with E-state index in [2.05, 4.69) is 4.74 Å². The lowest BCUT2D eigenvalue weighted by atomic mass is 9.79. The second kappa shape index (κ2) is 5.10. The molecule has 0 spiro atoms. The molecule has 100 valence electrons. The molecule has 0 N–H and O–H groups in total. The number of hydrogen-bond acceptors (Lipinski definition) is 5. The van der Waals surface area contributed by atoms with Crippen molar-refractivity contribution in [2.75, 3.05) is 7.11 Å². The van der Waals surface area contributed by atoms with Gasteiger partial charge in [-0.1, -0.05) is 24.3 Å². The minimum absolute atomic E-state index is 0.0944. The van der Waals surface area contributed by atoms with Crippen LogP contribution in [0.2, 0.25) is 0 Å². The molecule has 0 saturated carbocycles. The quantitative estimate of drug-likeness (QED) is 0.763. The molecule has 1 aliphatic carbocycles. The Hall–Kier alpha value is -2.74. The van der Waals surface area contributed by atoms with Crippen molar-refractivity contribution in [3.05, 3.63) is 46.5 Å². The van der Waals surface area contributed by atoms with E-state index in [1.807, 2.05) is 0 Å². The van der Waals surface area contributed by atoms with Crippen LogP contribution in [0.15, 0.2) is 35.4 Å². The number of methoxy groups -OCH3 is 1. The zero-order valence-electron chi connectivity index (χ0n) is 11.0. The Labute approximate surface area is 115 Å². The summed E-state index contributed by atoms with van der Waals surface area (Å²) in [4.78, 5) is 36.3. The highest BCUT2D eigenvalue weighted by atomic mass is 16.5. The molecule has 0 radical (unpaired) electrons. The van der Waals surface area contributed by atoms with Gasteiger partial charge in [0.05, 0.1) is 13.2 Å². The molecular formula is C15H11NO4. The summed E-state index contributed by atoms with van der Waals surface area (Å²) in [6, 6.07) is 8.07. The predicted octanol–water partition coefficient (Wildman–Crippen LogP) is 1.69. The van der Waals surface area contributed by atoms with Crippen LogP contribution in [-0.4, -0.2) is 24.6 Å². The molecule has 20 heavy (non-hydrogen) atoms. The summed E-state index contributed by atoms with van der Waals surface area (Å²) in [5, 5.41) is 9.10. The highest BCUT2D eigenvalue weighted by molar-refractivity contribution is 6.28. The number of ether oxygens (including phenoxy) is 1. The van der Waals surface area contributed by atoms with Gasteiger partial charge in [0.2, 0.25) is 0 Å². The van der Waals surface area contributed by atoms with E-state index in [0.29, 0.717) is 5.56 Å². The third-order valence-corrected chi connectivity index (χ3v) is 3.26. The molecule has 1 aliphatic rings. The molecule has 0 fully saturated rings. The number of benzene rings is 1. The van der Waals surface area contributed by atoms with E-state index in [1.165, 1.54) is 13.0 Å². The molecule has 0 aromatic heterocycles. The van der Waals surface area contributed by atoms with Gasteiger partial charge in [-0.25, -0.2) is 0 Å². The van der Waals surface area contributed by atoms with Gasteiger partial charge in [0, 0.05) is 22.3 Å². The number of esters is 1. The van der Waals surface area contributed by atoms with Crippen molar-refractivity contribution in [2.45, 2.75) is 6.92 Å². The van der Waals surface area contributed by atoms with Gasteiger partial charge in [-0.3, -0.25) is 14.4 Å². The SMILES string of the molecule is COC(=O)C(C#N)C1=C(C)C(=O)c2ccccc2C1=O. The Morgan fingerprint density at radius 1 is 1.20 bits per heavy atom. The first-order valence-corrected chi connectivity index (χ1v) is 5.89. The first-order valence-electron chi connectivity index (χ1n) is 5.89. The van der Waals surface area contributed by atoms with E-state index in [0.717, 1.165) is 7.11 Å². The second-order valence-electron chi connectivity index (χ2n) is 4.33. The molecule has 0 bridgehead atoms. The smallest absolute Gasteiger partial charge is 0.327 e. The molecule has 0 aliphatic heterocycles. The van der Waals surface area contributed by atoms with Crippen LogP contribution < -0.4 is 0 Å². The first kappa shape index (κ1) is 13.7. The number of rotatable bonds is 2. The molecule has 2 rings (SSSR count). The van der Waals surface area contributed by atoms with Crippen LogP contribution in [0.25, 0.3) is 0 Å². The number of hydrogen-bond donors (Lipinski definition) is 0. The molecule has 1 atom stereocenters. The summed E-state index contributed by atoms with van der Waals surface area (Å²) in [5.74, 6) is -3.05. The third-order valence-electron chi connectivity index (χ3n) is 3.26. The van der Waals surface area contributed by atoms with Gasteiger partial charge in [-0.2, -0.15) is 5.26 Å². The van der Waals surface area contributed by atoms with E-state index in [4.69, 9.17) is 5.26 Å². The summed E-state index contributed by atoms with van der Waals surface area (Å²) in [6.45, 7) is 1.44. The van der Waals surface area contributed by atoms with E-state index in [9.17, 15) is 14.4 Å². The lowest BCUT2D eigenvalue weighted by molar-refractivity contribution is -0.142. The maximum Gasteiger partial charge on any atom is 0.327 e. The van der Waals surface area contributed by atoms with E-state index in [-0.39, 0.29) is 22.5 Å². The molecule has 5 nitrogen and oxygen atoms in total. The van der Waals surface area contributed by atoms with Crippen LogP contribution >= 0.6 is 0 Å². The minimum atomic E-state index is -1.38. The lowest BCUT2D eigenvalue weighted by Crippen LogP contribution is -2.29. The third kappa shape index (κ3) is 1.91. The predicted molar refractivity (Wildman–Crippen MR) is 68.9 cm³/mol. The van der Waals surface area contributed by atoms with E-state index < -0.39 is 17.7 Å². The van der Waals surface area contributed by atoms with E-state index in [1.54, 1.807) is 24.3 Å². The number of carbonyl (C=O) groups excluding carboxylic acids is 3. The van der Waals surface area contributed by atoms with Crippen LogP contribution in [0.1, 0.15) is 27.6 Å². The van der Waals surface area contributed by atoms with E-state index >= 15 is 0 Å². The Kier molecular flexibility index (Phi) is 3.49. The first-order chi connectivity index (χ1) is 9.52. The van der Waals surface area contributed by atoms with Crippen molar-refractivity contribution >= 4 is 17.5 Å². The number of nitrogens with zero attached hydrogens (tertiary/aromatic N) is 1. The number of nitriles is 1. The van der Waals surface area contributed by atoms with Crippen LogP contribution in [0, 0.1) is 17.2 Å². The number of fused-ring (bicyclic) bond motifs is 1. The minimum Gasteiger partial charge on any atom is -0.468 e. The lowest BCUT2D eigenvalue weighted by Gasteiger charge is -2.20. The van der Waals surface area contributed by atoms with Gasteiger partial charge in [0.1, 0.15) is 0 Å². The van der Waals surface area contributed by atoms with Crippen molar-refractivity contribution in [2.24, 2.45) is 5.92 Å². The zero-order chi connectivity index (χ0) is 14.9.